The van der Waals surface area contributed by atoms with Gasteiger partial charge in [-0.1, -0.05) is 0 Å². The molecular weight excluding hydrogens is 322 g/mol. The number of carbonyl (C=O) groups is 1. The molecule has 0 fully saturated rings. The number of ether oxygens (including phenoxy) is 4. The van der Waals surface area contributed by atoms with Crippen molar-refractivity contribution in [2.75, 3.05) is 21.3 Å². The number of nitrogens with zero attached hydrogens (tertiary/aromatic N) is 1. The van der Waals surface area contributed by atoms with Crippen LogP contribution < -0.4 is 14.2 Å². The standard InChI is InChI=1S/C19H17NO5/c1-22-14-6-4-12(5-7-14)18-20-16(19(21)25-18)11-13-10-15(23-2)8-9-17(13)24-3/h4-11H,1-3H3. The Morgan fingerprint density at radius 3 is 2.24 bits per heavy atom. The Labute approximate surface area is 145 Å². The second-order valence-corrected chi connectivity index (χ2v) is 5.17. The highest BCUT2D eigenvalue weighted by Gasteiger charge is 2.24. The van der Waals surface area contributed by atoms with Gasteiger partial charge in [0.25, 0.3) is 0 Å². The molecule has 0 amide bonds. The lowest BCUT2D eigenvalue weighted by molar-refractivity contribution is -0.129. The molecule has 2 aromatic rings. The molecule has 1 aliphatic heterocycles. The van der Waals surface area contributed by atoms with Gasteiger partial charge in [-0.05, 0) is 48.5 Å². The number of carbonyl (C=O) groups excluding carboxylic acids is 1. The smallest absolute Gasteiger partial charge is 0.363 e. The van der Waals surface area contributed by atoms with Crippen LogP contribution in [-0.2, 0) is 9.53 Å². The summed E-state index contributed by atoms with van der Waals surface area (Å²) in [5, 5.41) is 0. The molecule has 0 N–H and O–H groups in total. The Kier molecular flexibility index (Phi) is 4.70. The quantitative estimate of drug-likeness (QED) is 0.619. The minimum Gasteiger partial charge on any atom is -0.497 e. The number of esters is 1. The first-order valence-electron chi connectivity index (χ1n) is 7.53. The van der Waals surface area contributed by atoms with Crippen molar-refractivity contribution in [2.24, 2.45) is 4.99 Å². The molecular formula is C19H17NO5. The molecule has 1 heterocycles. The topological polar surface area (TPSA) is 66.3 Å². The van der Waals surface area contributed by atoms with Crippen molar-refractivity contribution in [1.29, 1.82) is 0 Å². The Hall–Kier alpha value is -3.28. The molecule has 2 aromatic carbocycles. The zero-order valence-electron chi connectivity index (χ0n) is 14.1. The highest BCUT2D eigenvalue weighted by atomic mass is 16.6. The lowest BCUT2D eigenvalue weighted by Crippen LogP contribution is -2.05. The second-order valence-electron chi connectivity index (χ2n) is 5.17. The van der Waals surface area contributed by atoms with E-state index in [2.05, 4.69) is 4.99 Å². The Balaban J connectivity index is 1.95. The van der Waals surface area contributed by atoms with Gasteiger partial charge in [0, 0.05) is 11.1 Å². The summed E-state index contributed by atoms with van der Waals surface area (Å²) in [4.78, 5) is 16.4. The fraction of sp³-hybridized carbons (Fsp3) is 0.158. The molecule has 0 atom stereocenters. The molecule has 0 radical (unpaired) electrons. The molecule has 0 unspecified atom stereocenters. The van der Waals surface area contributed by atoms with Gasteiger partial charge in [0.15, 0.2) is 5.70 Å². The normalized spacial score (nSPS) is 14.9. The van der Waals surface area contributed by atoms with Crippen LogP contribution in [0, 0.1) is 0 Å². The van der Waals surface area contributed by atoms with Crippen molar-refractivity contribution in [1.82, 2.24) is 0 Å². The monoisotopic (exact) mass is 339 g/mol. The zero-order chi connectivity index (χ0) is 17.8. The average Bonchev–Trinajstić information content (AvgIpc) is 3.02. The summed E-state index contributed by atoms with van der Waals surface area (Å²) in [6, 6.07) is 12.4. The summed E-state index contributed by atoms with van der Waals surface area (Å²) in [5.74, 6) is 1.70. The molecule has 128 valence electrons. The number of hydrogen-bond acceptors (Lipinski definition) is 6. The van der Waals surface area contributed by atoms with Crippen molar-refractivity contribution in [3.05, 3.63) is 59.3 Å². The van der Waals surface area contributed by atoms with Crippen molar-refractivity contribution in [3.63, 3.8) is 0 Å². The van der Waals surface area contributed by atoms with Gasteiger partial charge < -0.3 is 18.9 Å². The maximum Gasteiger partial charge on any atom is 0.363 e. The van der Waals surface area contributed by atoms with E-state index in [1.807, 2.05) is 0 Å². The first-order chi connectivity index (χ1) is 12.1. The van der Waals surface area contributed by atoms with E-state index in [4.69, 9.17) is 18.9 Å². The van der Waals surface area contributed by atoms with Gasteiger partial charge >= 0.3 is 5.97 Å². The zero-order valence-corrected chi connectivity index (χ0v) is 14.1. The van der Waals surface area contributed by atoms with Gasteiger partial charge in [-0.2, -0.15) is 0 Å². The molecule has 0 saturated heterocycles. The maximum absolute atomic E-state index is 12.1. The van der Waals surface area contributed by atoms with E-state index in [0.717, 1.165) is 0 Å². The Morgan fingerprint density at radius 1 is 0.920 bits per heavy atom. The van der Waals surface area contributed by atoms with Crippen molar-refractivity contribution < 1.29 is 23.7 Å². The van der Waals surface area contributed by atoms with Gasteiger partial charge in [0.2, 0.25) is 5.90 Å². The number of hydrogen-bond donors (Lipinski definition) is 0. The number of rotatable bonds is 5. The molecule has 6 nitrogen and oxygen atoms in total. The molecule has 3 rings (SSSR count). The first kappa shape index (κ1) is 16.6. The molecule has 1 aliphatic rings. The van der Waals surface area contributed by atoms with E-state index in [9.17, 15) is 4.79 Å². The minimum absolute atomic E-state index is 0.192. The minimum atomic E-state index is -0.518. The van der Waals surface area contributed by atoms with Gasteiger partial charge in [-0.25, -0.2) is 9.79 Å². The van der Waals surface area contributed by atoms with Crippen LogP contribution in [0.25, 0.3) is 6.08 Å². The van der Waals surface area contributed by atoms with Crippen LogP contribution in [-0.4, -0.2) is 33.2 Å². The van der Waals surface area contributed by atoms with Crippen molar-refractivity contribution >= 4 is 17.9 Å². The summed E-state index contributed by atoms with van der Waals surface area (Å²) in [6.07, 6.45) is 1.61. The van der Waals surface area contributed by atoms with Gasteiger partial charge in [-0.3, -0.25) is 0 Å². The molecule has 0 saturated carbocycles. The first-order valence-corrected chi connectivity index (χ1v) is 7.53. The van der Waals surface area contributed by atoms with E-state index < -0.39 is 5.97 Å². The van der Waals surface area contributed by atoms with Gasteiger partial charge in [0.05, 0.1) is 21.3 Å². The van der Waals surface area contributed by atoms with Crippen LogP contribution in [0.2, 0.25) is 0 Å². The SMILES string of the molecule is COc1ccc(C2=NC(=Cc3cc(OC)ccc3OC)C(=O)O2)cc1. The third kappa shape index (κ3) is 3.47. The number of aliphatic imine (C=N–C) groups is 1. The summed E-state index contributed by atoms with van der Waals surface area (Å²) >= 11 is 0. The molecule has 25 heavy (non-hydrogen) atoms. The molecule has 0 aromatic heterocycles. The van der Waals surface area contributed by atoms with Crippen LogP contribution >= 0.6 is 0 Å². The lowest BCUT2D eigenvalue weighted by Gasteiger charge is -2.07. The summed E-state index contributed by atoms with van der Waals surface area (Å²) in [5.41, 5.74) is 1.56. The summed E-state index contributed by atoms with van der Waals surface area (Å²) < 4.78 is 20.9. The second kappa shape index (κ2) is 7.09. The predicted octanol–water partition coefficient (Wildman–Crippen LogP) is 3.06. The lowest BCUT2D eigenvalue weighted by atomic mass is 10.1. The number of cyclic esters (lactones) is 1. The summed E-state index contributed by atoms with van der Waals surface area (Å²) in [6.45, 7) is 0. The highest BCUT2D eigenvalue weighted by Crippen LogP contribution is 2.28. The third-order valence-corrected chi connectivity index (χ3v) is 3.69. The fourth-order valence-corrected chi connectivity index (χ4v) is 2.37. The molecule has 0 aliphatic carbocycles. The van der Waals surface area contributed by atoms with Crippen LogP contribution in [0.5, 0.6) is 17.2 Å². The van der Waals surface area contributed by atoms with Crippen LogP contribution in [0.15, 0.2) is 53.2 Å². The fourth-order valence-electron chi connectivity index (χ4n) is 2.37. The van der Waals surface area contributed by atoms with E-state index in [1.165, 1.54) is 0 Å². The van der Waals surface area contributed by atoms with E-state index in [0.29, 0.717) is 28.4 Å². The third-order valence-electron chi connectivity index (χ3n) is 3.69. The number of methoxy groups -OCH3 is 3. The Bertz CT molecular complexity index is 853. The number of benzene rings is 2. The van der Waals surface area contributed by atoms with Gasteiger partial charge in [-0.15, -0.1) is 0 Å². The average molecular weight is 339 g/mol. The van der Waals surface area contributed by atoms with Crippen LogP contribution in [0.3, 0.4) is 0 Å². The largest absolute Gasteiger partial charge is 0.497 e. The van der Waals surface area contributed by atoms with E-state index in [1.54, 1.807) is 69.9 Å². The van der Waals surface area contributed by atoms with Gasteiger partial charge in [0.1, 0.15) is 17.2 Å². The highest BCUT2D eigenvalue weighted by molar-refractivity contribution is 6.13. The predicted molar refractivity (Wildman–Crippen MR) is 93.1 cm³/mol. The maximum atomic E-state index is 12.1. The molecule has 6 heteroatoms. The van der Waals surface area contributed by atoms with E-state index in [-0.39, 0.29) is 11.6 Å². The molecule has 0 spiro atoms. The van der Waals surface area contributed by atoms with Crippen molar-refractivity contribution in [2.45, 2.75) is 0 Å². The van der Waals surface area contributed by atoms with Crippen LogP contribution in [0.4, 0.5) is 0 Å². The van der Waals surface area contributed by atoms with E-state index >= 15 is 0 Å². The Morgan fingerprint density at radius 2 is 1.60 bits per heavy atom. The van der Waals surface area contributed by atoms with Crippen LogP contribution in [0.1, 0.15) is 11.1 Å². The van der Waals surface area contributed by atoms with Crippen molar-refractivity contribution in [3.8, 4) is 17.2 Å². The molecule has 0 bridgehead atoms. The summed E-state index contributed by atoms with van der Waals surface area (Å²) in [7, 11) is 4.72.